The number of carbonyl (C=O) groups excluding carboxylic acids is 1. The summed E-state index contributed by atoms with van der Waals surface area (Å²) < 4.78 is 17.5. The fraction of sp³-hybridized carbons (Fsp3) is 0.222. The quantitative estimate of drug-likeness (QED) is 0.674. The van der Waals surface area contributed by atoms with Crippen LogP contribution in [-0.4, -0.2) is 36.2 Å². The van der Waals surface area contributed by atoms with Gasteiger partial charge in [-0.1, -0.05) is 0 Å². The lowest BCUT2D eigenvalue weighted by Gasteiger charge is -2.10. The van der Waals surface area contributed by atoms with Gasteiger partial charge >= 0.3 is 5.97 Å². The van der Waals surface area contributed by atoms with Gasteiger partial charge in [-0.2, -0.15) is 0 Å². The molecule has 3 aromatic rings. The fourth-order valence-electron chi connectivity index (χ4n) is 2.49. The second-order valence-electron chi connectivity index (χ2n) is 5.10. The molecular formula is C18H18N2O4. The molecule has 24 heavy (non-hydrogen) atoms. The van der Waals surface area contributed by atoms with Crippen LogP contribution in [-0.2, 0) is 4.74 Å². The highest BCUT2D eigenvalue weighted by atomic mass is 16.5. The molecule has 0 aliphatic carbocycles. The Kier molecular flexibility index (Phi) is 4.37. The third kappa shape index (κ3) is 2.90. The van der Waals surface area contributed by atoms with Gasteiger partial charge in [-0.25, -0.2) is 9.78 Å². The number of esters is 1. The zero-order valence-electron chi connectivity index (χ0n) is 13.8. The molecule has 2 aromatic heterocycles. The summed E-state index contributed by atoms with van der Waals surface area (Å²) in [7, 11) is 3.23. The van der Waals surface area contributed by atoms with Gasteiger partial charge in [-0.3, -0.25) is 0 Å². The molecule has 0 atom stereocenters. The maximum absolute atomic E-state index is 11.8. The third-order valence-electron chi connectivity index (χ3n) is 3.66. The van der Waals surface area contributed by atoms with Gasteiger partial charge in [0.05, 0.1) is 20.8 Å². The van der Waals surface area contributed by atoms with Crippen LogP contribution in [0.15, 0.2) is 42.7 Å². The molecule has 124 valence electrons. The van der Waals surface area contributed by atoms with E-state index >= 15 is 0 Å². The smallest absolute Gasteiger partial charge is 0.358 e. The predicted octanol–water partition coefficient (Wildman–Crippen LogP) is 3.20. The Morgan fingerprint density at radius 3 is 2.67 bits per heavy atom. The van der Waals surface area contributed by atoms with Crippen molar-refractivity contribution < 1.29 is 19.0 Å². The first-order valence-electron chi connectivity index (χ1n) is 7.54. The van der Waals surface area contributed by atoms with Crippen molar-refractivity contribution in [3.05, 3.63) is 48.4 Å². The van der Waals surface area contributed by atoms with E-state index in [9.17, 15) is 4.79 Å². The molecule has 2 heterocycles. The molecule has 0 spiro atoms. The number of nitrogens with zero attached hydrogens (tertiary/aromatic N) is 2. The number of hydrogen-bond donors (Lipinski definition) is 0. The monoisotopic (exact) mass is 326 g/mol. The van der Waals surface area contributed by atoms with Crippen molar-refractivity contribution in [2.45, 2.75) is 6.92 Å². The van der Waals surface area contributed by atoms with E-state index in [4.69, 9.17) is 14.2 Å². The molecule has 0 saturated carbocycles. The Morgan fingerprint density at radius 2 is 1.96 bits per heavy atom. The lowest BCUT2D eigenvalue weighted by molar-refractivity contribution is 0.0520. The number of fused-ring (bicyclic) bond motifs is 1. The normalized spacial score (nSPS) is 10.6. The third-order valence-corrected chi connectivity index (χ3v) is 3.66. The van der Waals surface area contributed by atoms with Crippen LogP contribution in [0.2, 0.25) is 0 Å². The standard InChI is InChI=1S/C18H18N2O4/c1-4-24-18(21)15-11-20-10-12(5-8-17(20)19-15)14-7-6-13(22-2)9-16(14)23-3/h5-11H,4H2,1-3H3. The van der Waals surface area contributed by atoms with Crippen LogP contribution in [0.25, 0.3) is 16.8 Å². The second kappa shape index (κ2) is 6.62. The van der Waals surface area contributed by atoms with Crippen molar-refractivity contribution in [1.82, 2.24) is 9.38 Å². The molecule has 0 radical (unpaired) electrons. The number of hydrogen-bond acceptors (Lipinski definition) is 5. The van der Waals surface area contributed by atoms with E-state index in [1.807, 2.05) is 36.5 Å². The lowest BCUT2D eigenvalue weighted by atomic mass is 10.1. The number of aromatic nitrogens is 2. The number of imidazole rings is 1. The summed E-state index contributed by atoms with van der Waals surface area (Å²) in [6.45, 7) is 2.09. The van der Waals surface area contributed by atoms with Crippen LogP contribution < -0.4 is 9.47 Å². The van der Waals surface area contributed by atoms with Crippen molar-refractivity contribution in [3.63, 3.8) is 0 Å². The Bertz CT molecular complexity index is 886. The molecule has 0 aliphatic rings. The molecule has 6 heteroatoms. The maximum atomic E-state index is 11.8. The van der Waals surface area contributed by atoms with Gasteiger partial charge in [-0.15, -0.1) is 0 Å². The minimum absolute atomic E-state index is 0.288. The van der Waals surface area contributed by atoms with E-state index in [0.717, 1.165) is 16.9 Å². The molecular weight excluding hydrogens is 308 g/mol. The SMILES string of the molecule is CCOC(=O)c1cn2cc(-c3ccc(OC)cc3OC)ccc2n1. The van der Waals surface area contributed by atoms with Crippen LogP contribution in [0.1, 0.15) is 17.4 Å². The minimum atomic E-state index is -0.426. The number of methoxy groups -OCH3 is 2. The zero-order chi connectivity index (χ0) is 17.1. The molecule has 0 fully saturated rings. The summed E-state index contributed by atoms with van der Waals surface area (Å²) in [6.07, 6.45) is 3.56. The molecule has 6 nitrogen and oxygen atoms in total. The zero-order valence-corrected chi connectivity index (χ0v) is 13.8. The van der Waals surface area contributed by atoms with Gasteiger partial charge in [0.25, 0.3) is 0 Å². The summed E-state index contributed by atoms with van der Waals surface area (Å²) >= 11 is 0. The first kappa shape index (κ1) is 15.9. The van der Waals surface area contributed by atoms with Gasteiger partial charge in [0.1, 0.15) is 17.1 Å². The van der Waals surface area contributed by atoms with E-state index in [1.165, 1.54) is 0 Å². The van der Waals surface area contributed by atoms with Crippen LogP contribution in [0.4, 0.5) is 0 Å². The Balaban J connectivity index is 2.03. The van der Waals surface area contributed by atoms with Crippen molar-refractivity contribution >= 4 is 11.6 Å². The maximum Gasteiger partial charge on any atom is 0.358 e. The molecule has 0 saturated heterocycles. The Hall–Kier alpha value is -3.02. The van der Waals surface area contributed by atoms with Gasteiger partial charge < -0.3 is 18.6 Å². The fourth-order valence-corrected chi connectivity index (χ4v) is 2.49. The number of rotatable bonds is 5. The summed E-state index contributed by atoms with van der Waals surface area (Å²) in [5.74, 6) is 1.01. The van der Waals surface area contributed by atoms with Gasteiger partial charge in [0.15, 0.2) is 5.69 Å². The number of pyridine rings is 1. The van der Waals surface area contributed by atoms with E-state index in [0.29, 0.717) is 18.0 Å². The molecule has 0 bridgehead atoms. The summed E-state index contributed by atoms with van der Waals surface area (Å²) in [5, 5.41) is 0. The van der Waals surface area contributed by atoms with Crippen LogP contribution in [0.3, 0.4) is 0 Å². The van der Waals surface area contributed by atoms with Gasteiger partial charge in [0.2, 0.25) is 0 Å². The predicted molar refractivity (Wildman–Crippen MR) is 89.7 cm³/mol. The van der Waals surface area contributed by atoms with Crippen LogP contribution >= 0.6 is 0 Å². The van der Waals surface area contributed by atoms with Crippen LogP contribution in [0, 0.1) is 0 Å². The minimum Gasteiger partial charge on any atom is -0.497 e. The van der Waals surface area contributed by atoms with E-state index in [1.54, 1.807) is 31.7 Å². The average molecular weight is 326 g/mol. The van der Waals surface area contributed by atoms with Crippen molar-refractivity contribution in [1.29, 1.82) is 0 Å². The first-order valence-corrected chi connectivity index (χ1v) is 7.54. The average Bonchev–Trinajstić information content (AvgIpc) is 3.04. The van der Waals surface area contributed by atoms with E-state index < -0.39 is 5.97 Å². The number of benzene rings is 1. The van der Waals surface area contributed by atoms with Crippen molar-refractivity contribution in [2.75, 3.05) is 20.8 Å². The van der Waals surface area contributed by atoms with E-state index in [-0.39, 0.29) is 5.69 Å². The molecule has 0 amide bonds. The second-order valence-corrected chi connectivity index (χ2v) is 5.10. The van der Waals surface area contributed by atoms with Crippen LogP contribution in [0.5, 0.6) is 11.5 Å². The molecule has 3 rings (SSSR count). The molecule has 0 N–H and O–H groups in total. The molecule has 0 unspecified atom stereocenters. The topological polar surface area (TPSA) is 62.1 Å². The van der Waals surface area contributed by atoms with Crippen molar-refractivity contribution in [2.24, 2.45) is 0 Å². The van der Waals surface area contributed by atoms with Gasteiger partial charge in [-0.05, 0) is 31.2 Å². The highest BCUT2D eigenvalue weighted by molar-refractivity contribution is 5.88. The first-order chi connectivity index (χ1) is 11.7. The summed E-state index contributed by atoms with van der Waals surface area (Å²) in [4.78, 5) is 16.1. The summed E-state index contributed by atoms with van der Waals surface area (Å²) in [6, 6.07) is 9.42. The summed E-state index contributed by atoms with van der Waals surface area (Å²) in [5.41, 5.74) is 2.83. The van der Waals surface area contributed by atoms with Gasteiger partial charge in [0, 0.05) is 29.6 Å². The molecule has 0 aliphatic heterocycles. The Labute approximate surface area is 139 Å². The lowest BCUT2D eigenvalue weighted by Crippen LogP contribution is -2.04. The molecule has 1 aromatic carbocycles. The number of ether oxygens (including phenoxy) is 3. The highest BCUT2D eigenvalue weighted by Gasteiger charge is 2.13. The highest BCUT2D eigenvalue weighted by Crippen LogP contribution is 2.33. The van der Waals surface area contributed by atoms with Crippen molar-refractivity contribution in [3.8, 4) is 22.6 Å². The van der Waals surface area contributed by atoms with E-state index in [2.05, 4.69) is 4.98 Å². The largest absolute Gasteiger partial charge is 0.497 e. The Morgan fingerprint density at radius 1 is 1.12 bits per heavy atom. The number of carbonyl (C=O) groups is 1.